The molecule has 0 aliphatic heterocycles. The lowest BCUT2D eigenvalue weighted by molar-refractivity contribution is -0.124. The van der Waals surface area contributed by atoms with E-state index in [0.29, 0.717) is 13.0 Å². The van der Waals surface area contributed by atoms with Crippen LogP contribution in [0.4, 0.5) is 0 Å². The monoisotopic (exact) mass is 346 g/mol. The molecule has 1 heterocycles. The molecule has 1 unspecified atom stereocenters. The van der Waals surface area contributed by atoms with Crippen LogP contribution in [0.1, 0.15) is 49.5 Å². The number of carbonyl (C=O) groups excluding carboxylic acids is 1. The molecule has 130 valence electrons. The first-order chi connectivity index (χ1) is 11.6. The highest BCUT2D eigenvalue weighted by molar-refractivity contribution is 7.19. The fraction of sp³-hybridized carbons (Fsp3) is 0.526. The van der Waals surface area contributed by atoms with E-state index < -0.39 is 6.10 Å². The summed E-state index contributed by atoms with van der Waals surface area (Å²) in [5.41, 5.74) is 5.91. The Balaban J connectivity index is 1.55. The van der Waals surface area contributed by atoms with Gasteiger partial charge in [0, 0.05) is 22.5 Å². The second-order valence-corrected chi connectivity index (χ2v) is 8.06. The molecule has 0 bridgehead atoms. The predicted octanol–water partition coefficient (Wildman–Crippen LogP) is 3.35. The van der Waals surface area contributed by atoms with Crippen LogP contribution in [-0.4, -0.2) is 24.1 Å². The molecule has 0 saturated heterocycles. The van der Waals surface area contributed by atoms with Gasteiger partial charge in [-0.1, -0.05) is 37.5 Å². The van der Waals surface area contributed by atoms with Gasteiger partial charge in [0.1, 0.15) is 6.10 Å². The number of thiophene rings is 1. The van der Waals surface area contributed by atoms with Gasteiger partial charge in [-0.2, -0.15) is 0 Å². The lowest BCUT2D eigenvalue weighted by atomic mass is 9.71. The first-order valence-corrected chi connectivity index (χ1v) is 9.57. The Morgan fingerprint density at radius 3 is 2.75 bits per heavy atom. The quantitative estimate of drug-likeness (QED) is 0.751. The smallest absolute Gasteiger partial charge is 0.220 e. The number of hydrogen-bond acceptors (Lipinski definition) is 4. The number of amides is 1. The lowest BCUT2D eigenvalue weighted by Crippen LogP contribution is -2.39. The van der Waals surface area contributed by atoms with Crippen molar-refractivity contribution < 1.29 is 9.90 Å². The minimum Gasteiger partial charge on any atom is -0.386 e. The largest absolute Gasteiger partial charge is 0.386 e. The molecule has 1 aromatic carbocycles. The van der Waals surface area contributed by atoms with E-state index in [9.17, 15) is 9.90 Å². The van der Waals surface area contributed by atoms with Gasteiger partial charge in [0.25, 0.3) is 0 Å². The number of carbonyl (C=O) groups is 1. The Morgan fingerprint density at radius 2 is 2.04 bits per heavy atom. The third-order valence-corrected chi connectivity index (χ3v) is 6.37. The molecule has 0 radical (unpaired) electrons. The molecule has 4 nitrogen and oxygen atoms in total. The first-order valence-electron chi connectivity index (χ1n) is 8.75. The number of nitrogens with one attached hydrogen (secondary N) is 1. The Morgan fingerprint density at radius 1 is 1.29 bits per heavy atom. The Bertz CT molecular complexity index is 658. The van der Waals surface area contributed by atoms with Crippen molar-refractivity contribution in [2.45, 2.75) is 44.6 Å². The molecule has 3 rings (SSSR count). The van der Waals surface area contributed by atoms with Crippen LogP contribution >= 0.6 is 11.3 Å². The Kier molecular flexibility index (Phi) is 5.54. The topological polar surface area (TPSA) is 75.4 Å². The van der Waals surface area contributed by atoms with E-state index in [1.54, 1.807) is 11.3 Å². The molecule has 4 N–H and O–H groups in total. The van der Waals surface area contributed by atoms with E-state index in [1.807, 2.05) is 30.3 Å². The maximum Gasteiger partial charge on any atom is 0.220 e. The van der Waals surface area contributed by atoms with Crippen molar-refractivity contribution in [3.05, 3.63) is 35.2 Å². The first kappa shape index (κ1) is 17.4. The third kappa shape index (κ3) is 3.97. The molecule has 1 amide bonds. The van der Waals surface area contributed by atoms with Crippen LogP contribution < -0.4 is 11.1 Å². The van der Waals surface area contributed by atoms with Gasteiger partial charge in [-0.15, -0.1) is 11.3 Å². The molecule has 1 aromatic heterocycles. The van der Waals surface area contributed by atoms with Gasteiger partial charge >= 0.3 is 0 Å². The SMILES string of the molecule is NCC1(CC(=O)NCC(O)c2cc3ccccc3s2)CCCCC1. The summed E-state index contributed by atoms with van der Waals surface area (Å²) in [6.45, 7) is 0.825. The molecule has 1 fully saturated rings. The summed E-state index contributed by atoms with van der Waals surface area (Å²) in [7, 11) is 0. The molecule has 2 aromatic rings. The average molecular weight is 346 g/mol. The minimum absolute atomic E-state index is 0.00233. The summed E-state index contributed by atoms with van der Waals surface area (Å²) in [4.78, 5) is 13.2. The van der Waals surface area contributed by atoms with Crippen molar-refractivity contribution in [3.63, 3.8) is 0 Å². The van der Waals surface area contributed by atoms with Gasteiger partial charge in [0.2, 0.25) is 5.91 Å². The molecule has 5 heteroatoms. The molecular formula is C19H26N2O2S. The van der Waals surface area contributed by atoms with Crippen molar-refractivity contribution in [2.75, 3.05) is 13.1 Å². The number of aliphatic hydroxyl groups excluding tert-OH is 1. The van der Waals surface area contributed by atoms with Crippen LogP contribution in [0.15, 0.2) is 30.3 Å². The van der Waals surface area contributed by atoms with Gasteiger partial charge in [0.15, 0.2) is 0 Å². The third-order valence-electron chi connectivity index (χ3n) is 5.15. The zero-order valence-corrected chi connectivity index (χ0v) is 14.8. The minimum atomic E-state index is -0.661. The summed E-state index contributed by atoms with van der Waals surface area (Å²) < 4.78 is 1.15. The second-order valence-electron chi connectivity index (χ2n) is 6.95. The normalized spacial score (nSPS) is 18.4. The van der Waals surface area contributed by atoms with Crippen molar-refractivity contribution >= 4 is 27.3 Å². The van der Waals surface area contributed by atoms with Crippen LogP contribution in [0.5, 0.6) is 0 Å². The number of benzene rings is 1. The summed E-state index contributed by atoms with van der Waals surface area (Å²) in [6.07, 6.45) is 5.46. The van der Waals surface area contributed by atoms with Crippen LogP contribution in [0, 0.1) is 5.41 Å². The number of aliphatic hydroxyl groups is 1. The fourth-order valence-electron chi connectivity index (χ4n) is 3.64. The van der Waals surface area contributed by atoms with E-state index in [1.165, 1.54) is 6.42 Å². The maximum absolute atomic E-state index is 12.3. The number of hydrogen-bond donors (Lipinski definition) is 3. The highest BCUT2D eigenvalue weighted by Crippen LogP contribution is 2.38. The number of rotatable bonds is 6. The van der Waals surface area contributed by atoms with Crippen molar-refractivity contribution in [1.29, 1.82) is 0 Å². The van der Waals surface area contributed by atoms with Crippen molar-refractivity contribution in [1.82, 2.24) is 5.32 Å². The van der Waals surface area contributed by atoms with E-state index in [4.69, 9.17) is 5.73 Å². The van der Waals surface area contributed by atoms with E-state index in [-0.39, 0.29) is 17.9 Å². The summed E-state index contributed by atoms with van der Waals surface area (Å²) >= 11 is 1.58. The zero-order chi connectivity index (χ0) is 17.0. The van der Waals surface area contributed by atoms with Crippen molar-refractivity contribution in [2.24, 2.45) is 11.1 Å². The average Bonchev–Trinajstić information content (AvgIpc) is 3.04. The van der Waals surface area contributed by atoms with E-state index in [0.717, 1.165) is 40.6 Å². The molecule has 1 aliphatic carbocycles. The highest BCUT2D eigenvalue weighted by Gasteiger charge is 2.33. The Hall–Kier alpha value is -1.43. The predicted molar refractivity (Wildman–Crippen MR) is 99.0 cm³/mol. The van der Waals surface area contributed by atoms with Crippen molar-refractivity contribution in [3.8, 4) is 0 Å². The van der Waals surface area contributed by atoms with Crippen LogP contribution in [0.25, 0.3) is 10.1 Å². The molecule has 1 aliphatic rings. The van der Waals surface area contributed by atoms with Gasteiger partial charge in [-0.3, -0.25) is 4.79 Å². The van der Waals surface area contributed by atoms with Gasteiger partial charge in [0.05, 0.1) is 0 Å². The Labute approximate surface area is 147 Å². The summed E-state index contributed by atoms with van der Waals surface area (Å²) in [6, 6.07) is 10.1. The van der Waals surface area contributed by atoms with Crippen LogP contribution in [-0.2, 0) is 4.79 Å². The number of fused-ring (bicyclic) bond motifs is 1. The molecule has 1 atom stereocenters. The fourth-order valence-corrected chi connectivity index (χ4v) is 4.69. The molecule has 24 heavy (non-hydrogen) atoms. The van der Waals surface area contributed by atoms with Crippen LogP contribution in [0.3, 0.4) is 0 Å². The van der Waals surface area contributed by atoms with Gasteiger partial charge in [-0.05, 0) is 42.3 Å². The van der Waals surface area contributed by atoms with E-state index in [2.05, 4.69) is 5.32 Å². The summed E-state index contributed by atoms with van der Waals surface area (Å²) in [5.74, 6) is 0.00233. The number of nitrogens with two attached hydrogens (primary N) is 1. The standard InChI is InChI=1S/C19H26N2O2S/c20-13-19(8-4-1-5-9-19)11-18(23)21-12-15(22)17-10-14-6-2-3-7-16(14)24-17/h2-3,6-7,10,15,22H,1,4-5,8-9,11-13,20H2,(H,21,23). The highest BCUT2D eigenvalue weighted by atomic mass is 32.1. The maximum atomic E-state index is 12.3. The molecule has 1 saturated carbocycles. The van der Waals surface area contributed by atoms with Gasteiger partial charge in [-0.25, -0.2) is 0 Å². The molecular weight excluding hydrogens is 320 g/mol. The summed E-state index contributed by atoms with van der Waals surface area (Å²) in [5, 5.41) is 14.4. The lowest BCUT2D eigenvalue weighted by Gasteiger charge is -2.35. The second kappa shape index (κ2) is 7.64. The van der Waals surface area contributed by atoms with E-state index >= 15 is 0 Å². The van der Waals surface area contributed by atoms with Crippen LogP contribution in [0.2, 0.25) is 0 Å². The van der Waals surface area contributed by atoms with Gasteiger partial charge < -0.3 is 16.2 Å². The zero-order valence-electron chi connectivity index (χ0n) is 14.0. The molecule has 0 spiro atoms.